The quantitative estimate of drug-likeness (QED) is 0.775. The molecule has 0 fully saturated rings. The summed E-state index contributed by atoms with van der Waals surface area (Å²) in [6, 6.07) is 8.40. The Morgan fingerprint density at radius 2 is 1.91 bits per heavy atom. The van der Waals surface area contributed by atoms with Gasteiger partial charge in [-0.3, -0.25) is 10.1 Å². The van der Waals surface area contributed by atoms with Gasteiger partial charge in [0.1, 0.15) is 5.82 Å². The molecule has 23 heavy (non-hydrogen) atoms. The van der Waals surface area contributed by atoms with Crippen LogP contribution in [0.5, 0.6) is 11.5 Å². The highest BCUT2D eigenvalue weighted by Gasteiger charge is 2.12. The van der Waals surface area contributed by atoms with Gasteiger partial charge in [-0.1, -0.05) is 0 Å². The fourth-order valence-corrected chi connectivity index (χ4v) is 2.18. The second-order valence-electron chi connectivity index (χ2n) is 4.34. The van der Waals surface area contributed by atoms with E-state index < -0.39 is 0 Å². The third-order valence-corrected chi connectivity index (χ3v) is 3.51. The van der Waals surface area contributed by atoms with Gasteiger partial charge in [-0.25, -0.2) is 4.98 Å². The highest BCUT2D eigenvalue weighted by atomic mass is 79.9. The molecule has 0 bridgehead atoms. The Bertz CT molecular complexity index is 722. The number of anilines is 1. The summed E-state index contributed by atoms with van der Waals surface area (Å²) in [7, 11) is 3.03. The average Bonchev–Trinajstić information content (AvgIpc) is 2.56. The lowest BCUT2D eigenvalue weighted by atomic mass is 10.2. The van der Waals surface area contributed by atoms with Crippen molar-refractivity contribution < 1.29 is 14.3 Å². The molecule has 6 nitrogen and oxygen atoms in total. The third kappa shape index (κ3) is 4.64. The van der Waals surface area contributed by atoms with Crippen LogP contribution < -0.4 is 20.1 Å². The van der Waals surface area contributed by atoms with Gasteiger partial charge >= 0.3 is 0 Å². The molecule has 1 amide bonds. The zero-order chi connectivity index (χ0) is 16.8. The Labute approximate surface area is 147 Å². The van der Waals surface area contributed by atoms with Crippen LogP contribution in [0.4, 0.5) is 5.82 Å². The number of hydrogen-bond donors (Lipinski definition) is 2. The van der Waals surface area contributed by atoms with E-state index in [4.69, 9.17) is 21.7 Å². The third-order valence-electron chi connectivity index (χ3n) is 2.84. The zero-order valence-corrected chi connectivity index (χ0v) is 14.8. The lowest BCUT2D eigenvalue weighted by Gasteiger charge is -2.11. The van der Waals surface area contributed by atoms with Gasteiger partial charge in [0, 0.05) is 16.2 Å². The summed E-state index contributed by atoms with van der Waals surface area (Å²) in [4.78, 5) is 16.3. The van der Waals surface area contributed by atoms with Gasteiger partial charge in [-0.05, 0) is 58.5 Å². The van der Waals surface area contributed by atoms with E-state index in [9.17, 15) is 4.79 Å². The summed E-state index contributed by atoms with van der Waals surface area (Å²) < 4.78 is 11.2. The number of thiocarbonyl (C=S) groups is 1. The molecule has 1 heterocycles. The summed E-state index contributed by atoms with van der Waals surface area (Å²) in [6.45, 7) is 0. The minimum Gasteiger partial charge on any atom is -0.493 e. The number of ether oxygens (including phenoxy) is 2. The van der Waals surface area contributed by atoms with Crippen molar-refractivity contribution in [2.24, 2.45) is 0 Å². The van der Waals surface area contributed by atoms with Gasteiger partial charge in [0.2, 0.25) is 0 Å². The standard InChI is InChI=1S/C15H14BrN3O3S/c1-21-11-5-3-9(7-12(11)22-2)14(20)19-15(23)18-13-6-4-10(16)8-17-13/h3-8H,1-2H3,(H2,17,18,19,20,23). The van der Waals surface area contributed by atoms with E-state index in [-0.39, 0.29) is 11.0 Å². The Morgan fingerprint density at radius 3 is 2.52 bits per heavy atom. The fourth-order valence-electron chi connectivity index (χ4n) is 1.75. The Hall–Kier alpha value is -2.19. The number of nitrogens with one attached hydrogen (secondary N) is 2. The summed E-state index contributed by atoms with van der Waals surface area (Å²) in [6.07, 6.45) is 1.63. The molecule has 1 aromatic heterocycles. The molecule has 0 aliphatic heterocycles. The van der Waals surface area contributed by atoms with Gasteiger partial charge in [-0.15, -0.1) is 0 Å². The SMILES string of the molecule is COc1ccc(C(=O)NC(=S)Nc2ccc(Br)cn2)cc1OC. The van der Waals surface area contributed by atoms with E-state index in [1.807, 2.05) is 6.07 Å². The maximum atomic E-state index is 12.2. The van der Waals surface area contributed by atoms with E-state index >= 15 is 0 Å². The van der Waals surface area contributed by atoms with E-state index in [1.165, 1.54) is 14.2 Å². The number of carbonyl (C=O) groups is 1. The molecule has 0 aliphatic carbocycles. The Kier molecular flexibility index (Phi) is 5.89. The van der Waals surface area contributed by atoms with Gasteiger partial charge in [0.15, 0.2) is 16.6 Å². The largest absolute Gasteiger partial charge is 0.493 e. The number of benzene rings is 1. The number of pyridine rings is 1. The lowest BCUT2D eigenvalue weighted by molar-refractivity contribution is 0.0977. The molecule has 2 aromatic rings. The number of amides is 1. The summed E-state index contributed by atoms with van der Waals surface area (Å²) in [5, 5.41) is 5.57. The smallest absolute Gasteiger partial charge is 0.257 e. The number of halogens is 1. The van der Waals surface area contributed by atoms with Gasteiger partial charge in [-0.2, -0.15) is 0 Å². The zero-order valence-electron chi connectivity index (χ0n) is 12.4. The molecule has 1 aromatic carbocycles. The van der Waals surface area contributed by atoms with Crippen molar-refractivity contribution in [1.29, 1.82) is 0 Å². The molecule has 0 atom stereocenters. The molecule has 2 N–H and O–H groups in total. The summed E-state index contributed by atoms with van der Waals surface area (Å²) in [5.74, 6) is 1.18. The van der Waals surface area contributed by atoms with Gasteiger partial charge in [0.25, 0.3) is 5.91 Å². The van der Waals surface area contributed by atoms with E-state index in [2.05, 4.69) is 31.5 Å². The van der Waals surface area contributed by atoms with Crippen LogP contribution >= 0.6 is 28.1 Å². The summed E-state index contributed by atoms with van der Waals surface area (Å²) in [5.41, 5.74) is 0.399. The van der Waals surface area contributed by atoms with Crippen LogP contribution in [-0.4, -0.2) is 30.2 Å². The number of nitrogens with zero attached hydrogens (tertiary/aromatic N) is 1. The van der Waals surface area contributed by atoms with Crippen LogP contribution in [0.2, 0.25) is 0 Å². The first-order chi connectivity index (χ1) is 11.0. The van der Waals surface area contributed by atoms with Crippen molar-refractivity contribution in [3.05, 3.63) is 46.6 Å². The van der Waals surface area contributed by atoms with Crippen molar-refractivity contribution >= 4 is 45.0 Å². The number of rotatable bonds is 4. The number of hydrogen-bond acceptors (Lipinski definition) is 5. The fraction of sp³-hybridized carbons (Fsp3) is 0.133. The first kappa shape index (κ1) is 17.2. The molecule has 2 rings (SSSR count). The van der Waals surface area contributed by atoms with Crippen molar-refractivity contribution in [2.45, 2.75) is 0 Å². The van der Waals surface area contributed by atoms with Crippen LogP contribution in [0.15, 0.2) is 41.0 Å². The topological polar surface area (TPSA) is 72.5 Å². The van der Waals surface area contributed by atoms with E-state index in [0.717, 1.165) is 4.47 Å². The number of carbonyl (C=O) groups excluding carboxylic acids is 1. The van der Waals surface area contributed by atoms with Crippen LogP contribution in [0.1, 0.15) is 10.4 Å². The van der Waals surface area contributed by atoms with Crippen molar-refractivity contribution in [3.63, 3.8) is 0 Å². The normalized spacial score (nSPS) is 9.87. The number of methoxy groups -OCH3 is 2. The van der Waals surface area contributed by atoms with E-state index in [1.54, 1.807) is 30.5 Å². The van der Waals surface area contributed by atoms with E-state index in [0.29, 0.717) is 22.9 Å². The maximum Gasteiger partial charge on any atom is 0.257 e. The highest BCUT2D eigenvalue weighted by molar-refractivity contribution is 9.10. The van der Waals surface area contributed by atoms with Crippen LogP contribution in [-0.2, 0) is 0 Å². The van der Waals surface area contributed by atoms with Gasteiger partial charge in [0.05, 0.1) is 14.2 Å². The second kappa shape index (κ2) is 7.89. The van der Waals surface area contributed by atoms with Crippen molar-refractivity contribution in [3.8, 4) is 11.5 Å². The predicted molar refractivity (Wildman–Crippen MR) is 95.2 cm³/mol. The first-order valence-corrected chi connectivity index (χ1v) is 7.69. The van der Waals surface area contributed by atoms with Crippen LogP contribution in [0.3, 0.4) is 0 Å². The molecule has 120 valence electrons. The Morgan fingerprint density at radius 1 is 1.17 bits per heavy atom. The number of aromatic nitrogens is 1. The maximum absolute atomic E-state index is 12.2. The first-order valence-electron chi connectivity index (χ1n) is 6.49. The van der Waals surface area contributed by atoms with Crippen molar-refractivity contribution in [1.82, 2.24) is 10.3 Å². The monoisotopic (exact) mass is 395 g/mol. The average molecular weight is 396 g/mol. The molecule has 0 unspecified atom stereocenters. The lowest BCUT2D eigenvalue weighted by Crippen LogP contribution is -2.34. The molecule has 0 saturated heterocycles. The molecule has 0 radical (unpaired) electrons. The molecule has 8 heteroatoms. The van der Waals surface area contributed by atoms with Crippen molar-refractivity contribution in [2.75, 3.05) is 19.5 Å². The molecular weight excluding hydrogens is 382 g/mol. The highest BCUT2D eigenvalue weighted by Crippen LogP contribution is 2.27. The van der Waals surface area contributed by atoms with Crippen LogP contribution in [0.25, 0.3) is 0 Å². The minimum atomic E-state index is -0.361. The van der Waals surface area contributed by atoms with Crippen LogP contribution in [0, 0.1) is 0 Å². The Balaban J connectivity index is 2.03. The molecule has 0 aliphatic rings. The second-order valence-corrected chi connectivity index (χ2v) is 5.66. The predicted octanol–water partition coefficient (Wildman–Crippen LogP) is 2.99. The molecule has 0 spiro atoms. The minimum absolute atomic E-state index is 0.152. The summed E-state index contributed by atoms with van der Waals surface area (Å²) >= 11 is 8.40. The molecular formula is C15H14BrN3O3S. The molecule has 0 saturated carbocycles. The van der Waals surface area contributed by atoms with Gasteiger partial charge < -0.3 is 14.8 Å².